The predicted octanol–water partition coefficient (Wildman–Crippen LogP) is 3.57. The van der Waals surface area contributed by atoms with Crippen molar-refractivity contribution in [1.82, 2.24) is 9.80 Å². The number of amides is 2. The molecule has 0 bridgehead atoms. The van der Waals surface area contributed by atoms with Gasteiger partial charge in [-0.15, -0.1) is 0 Å². The smallest absolute Gasteiger partial charge is 0.228 e. The standard InChI is InChI=1S/C29H39N3O5/c1-19(2)28(33)32-17-22(21-15-25(35-4)27(37-6)26(16-21)36-5)23(18-32)29(34)31-13-11-30(12-14-31)24-10-8-7-9-20(24)3/h7-10,15-16,19,22-23H,11-14,17-18H2,1-6H3. The van der Waals surface area contributed by atoms with E-state index in [-0.39, 0.29) is 29.6 Å². The number of nitrogens with zero attached hydrogens (tertiary/aromatic N) is 3. The van der Waals surface area contributed by atoms with Crippen molar-refractivity contribution in [2.75, 3.05) is 65.5 Å². The normalized spacial score (nSPS) is 19.8. The number of likely N-dealkylation sites (tertiary alicyclic amines) is 1. The van der Waals surface area contributed by atoms with Crippen LogP contribution < -0.4 is 19.1 Å². The van der Waals surface area contributed by atoms with Gasteiger partial charge in [0.05, 0.1) is 27.2 Å². The molecule has 0 aromatic heterocycles. The van der Waals surface area contributed by atoms with Crippen LogP contribution >= 0.6 is 0 Å². The number of carbonyl (C=O) groups excluding carboxylic acids is 2. The Bertz CT molecular complexity index is 1100. The van der Waals surface area contributed by atoms with Gasteiger partial charge in [-0.2, -0.15) is 0 Å². The van der Waals surface area contributed by atoms with Crippen LogP contribution in [0.2, 0.25) is 0 Å². The molecule has 0 spiro atoms. The van der Waals surface area contributed by atoms with Crippen LogP contribution in [0.4, 0.5) is 5.69 Å². The highest BCUT2D eigenvalue weighted by Gasteiger charge is 2.43. The Morgan fingerprint density at radius 1 is 0.865 bits per heavy atom. The first kappa shape index (κ1) is 26.6. The summed E-state index contributed by atoms with van der Waals surface area (Å²) < 4.78 is 16.7. The topological polar surface area (TPSA) is 71.6 Å². The summed E-state index contributed by atoms with van der Waals surface area (Å²) in [5.74, 6) is 1.13. The molecule has 2 unspecified atom stereocenters. The second kappa shape index (κ2) is 11.3. The number of benzene rings is 2. The Hall–Kier alpha value is -3.42. The van der Waals surface area contributed by atoms with Gasteiger partial charge in [-0.25, -0.2) is 0 Å². The highest BCUT2D eigenvalue weighted by molar-refractivity contribution is 5.84. The first-order chi connectivity index (χ1) is 17.8. The fourth-order valence-corrected chi connectivity index (χ4v) is 5.57. The highest BCUT2D eigenvalue weighted by atomic mass is 16.5. The van der Waals surface area contributed by atoms with Gasteiger partial charge < -0.3 is 28.9 Å². The number of rotatable bonds is 7. The minimum absolute atomic E-state index is 0.0668. The molecule has 8 heteroatoms. The predicted molar refractivity (Wildman–Crippen MR) is 144 cm³/mol. The van der Waals surface area contributed by atoms with E-state index in [2.05, 4.69) is 30.0 Å². The largest absolute Gasteiger partial charge is 0.493 e. The lowest BCUT2D eigenvalue weighted by Crippen LogP contribution is -2.51. The van der Waals surface area contributed by atoms with E-state index in [1.807, 2.05) is 41.8 Å². The molecule has 0 radical (unpaired) electrons. The van der Waals surface area contributed by atoms with E-state index in [0.717, 1.165) is 18.7 Å². The Morgan fingerprint density at radius 2 is 1.49 bits per heavy atom. The van der Waals surface area contributed by atoms with Gasteiger partial charge in [0.25, 0.3) is 0 Å². The lowest BCUT2D eigenvalue weighted by molar-refractivity contribution is -0.136. The van der Waals surface area contributed by atoms with Gasteiger partial charge in [0.1, 0.15) is 0 Å². The molecule has 37 heavy (non-hydrogen) atoms. The van der Waals surface area contributed by atoms with E-state index in [9.17, 15) is 9.59 Å². The molecule has 2 amide bonds. The molecular formula is C29H39N3O5. The van der Waals surface area contributed by atoms with Crippen molar-refractivity contribution in [1.29, 1.82) is 0 Å². The minimum Gasteiger partial charge on any atom is -0.493 e. The van der Waals surface area contributed by atoms with Crippen molar-refractivity contribution in [3.8, 4) is 17.2 Å². The fraction of sp³-hybridized carbons (Fsp3) is 0.517. The van der Waals surface area contributed by atoms with Crippen LogP contribution in [0.1, 0.15) is 30.9 Å². The summed E-state index contributed by atoms with van der Waals surface area (Å²) in [7, 11) is 4.74. The van der Waals surface area contributed by atoms with Crippen LogP contribution in [0.15, 0.2) is 36.4 Å². The maximum Gasteiger partial charge on any atom is 0.228 e. The third-order valence-electron chi connectivity index (χ3n) is 7.61. The number of hydrogen-bond acceptors (Lipinski definition) is 6. The fourth-order valence-electron chi connectivity index (χ4n) is 5.57. The Balaban J connectivity index is 1.59. The van der Waals surface area contributed by atoms with Crippen LogP contribution in [0, 0.1) is 18.8 Å². The number of anilines is 1. The Morgan fingerprint density at radius 3 is 2.03 bits per heavy atom. The average molecular weight is 510 g/mol. The van der Waals surface area contributed by atoms with Crippen molar-refractivity contribution in [3.05, 3.63) is 47.5 Å². The first-order valence-electron chi connectivity index (χ1n) is 13.0. The quantitative estimate of drug-likeness (QED) is 0.568. The van der Waals surface area contributed by atoms with Crippen LogP contribution in [-0.2, 0) is 9.59 Å². The lowest BCUT2D eigenvalue weighted by atomic mass is 9.87. The number of ether oxygens (including phenoxy) is 3. The molecule has 200 valence electrons. The molecule has 2 aliphatic rings. The lowest BCUT2D eigenvalue weighted by Gasteiger charge is -2.38. The molecule has 2 aromatic rings. The molecule has 2 heterocycles. The number of hydrogen-bond donors (Lipinski definition) is 0. The van der Waals surface area contributed by atoms with E-state index >= 15 is 0 Å². The Labute approximate surface area is 220 Å². The van der Waals surface area contributed by atoms with Crippen LogP contribution in [-0.4, -0.2) is 82.2 Å². The molecule has 2 atom stereocenters. The van der Waals surface area contributed by atoms with Crippen LogP contribution in [0.5, 0.6) is 17.2 Å². The van der Waals surface area contributed by atoms with Crippen LogP contribution in [0.3, 0.4) is 0 Å². The third-order valence-corrected chi connectivity index (χ3v) is 7.61. The van der Waals surface area contributed by atoms with E-state index < -0.39 is 0 Å². The molecule has 0 N–H and O–H groups in total. The molecular weight excluding hydrogens is 470 g/mol. The SMILES string of the molecule is COc1cc(C2CN(C(=O)C(C)C)CC2C(=O)N2CCN(c3ccccc3C)CC2)cc(OC)c1OC. The van der Waals surface area contributed by atoms with E-state index in [1.54, 1.807) is 21.3 Å². The molecule has 0 saturated carbocycles. The van der Waals surface area contributed by atoms with Gasteiger partial charge in [0, 0.05) is 56.8 Å². The highest BCUT2D eigenvalue weighted by Crippen LogP contribution is 2.43. The van der Waals surface area contributed by atoms with Crippen molar-refractivity contribution in [3.63, 3.8) is 0 Å². The zero-order chi connectivity index (χ0) is 26.7. The van der Waals surface area contributed by atoms with Crippen molar-refractivity contribution in [2.45, 2.75) is 26.7 Å². The van der Waals surface area contributed by atoms with Crippen molar-refractivity contribution < 1.29 is 23.8 Å². The third kappa shape index (κ3) is 5.33. The van der Waals surface area contributed by atoms with E-state index in [4.69, 9.17) is 14.2 Å². The van der Waals surface area contributed by atoms with Crippen LogP contribution in [0.25, 0.3) is 0 Å². The zero-order valence-electron chi connectivity index (χ0n) is 22.8. The molecule has 4 rings (SSSR count). The molecule has 2 aliphatic heterocycles. The number of piperazine rings is 1. The van der Waals surface area contributed by atoms with Gasteiger partial charge >= 0.3 is 0 Å². The van der Waals surface area contributed by atoms with Gasteiger partial charge in [0.2, 0.25) is 17.6 Å². The van der Waals surface area contributed by atoms with Gasteiger partial charge in [-0.1, -0.05) is 32.0 Å². The number of aryl methyl sites for hydroxylation is 1. The summed E-state index contributed by atoms with van der Waals surface area (Å²) in [6.07, 6.45) is 0. The minimum atomic E-state index is -0.337. The molecule has 0 aliphatic carbocycles. The summed E-state index contributed by atoms with van der Waals surface area (Å²) in [5.41, 5.74) is 3.37. The second-order valence-electron chi connectivity index (χ2n) is 10.2. The average Bonchev–Trinajstić information content (AvgIpc) is 3.37. The van der Waals surface area contributed by atoms with Gasteiger partial charge in [-0.05, 0) is 36.2 Å². The molecule has 2 fully saturated rings. The molecule has 2 saturated heterocycles. The van der Waals surface area contributed by atoms with E-state index in [0.29, 0.717) is 43.4 Å². The number of para-hydroxylation sites is 1. The monoisotopic (exact) mass is 509 g/mol. The molecule has 8 nitrogen and oxygen atoms in total. The van der Waals surface area contributed by atoms with Gasteiger partial charge in [-0.3, -0.25) is 9.59 Å². The number of methoxy groups -OCH3 is 3. The first-order valence-corrected chi connectivity index (χ1v) is 13.0. The van der Waals surface area contributed by atoms with Crippen molar-refractivity contribution >= 4 is 17.5 Å². The summed E-state index contributed by atoms with van der Waals surface area (Å²) in [5, 5.41) is 0. The van der Waals surface area contributed by atoms with Gasteiger partial charge in [0.15, 0.2) is 11.5 Å². The van der Waals surface area contributed by atoms with Crippen molar-refractivity contribution in [2.24, 2.45) is 11.8 Å². The number of carbonyl (C=O) groups is 2. The summed E-state index contributed by atoms with van der Waals surface area (Å²) in [6.45, 7) is 9.69. The second-order valence-corrected chi connectivity index (χ2v) is 10.2. The maximum atomic E-state index is 13.9. The summed E-state index contributed by atoms with van der Waals surface area (Å²) >= 11 is 0. The maximum absolute atomic E-state index is 13.9. The zero-order valence-corrected chi connectivity index (χ0v) is 22.8. The Kier molecular flexibility index (Phi) is 8.15. The summed E-state index contributed by atoms with van der Waals surface area (Å²) in [6, 6.07) is 12.2. The van der Waals surface area contributed by atoms with E-state index in [1.165, 1.54) is 11.3 Å². The summed E-state index contributed by atoms with van der Waals surface area (Å²) in [4.78, 5) is 33.1. The molecule has 2 aromatic carbocycles.